The molecule has 0 aromatic carbocycles. The molecule has 2 unspecified atom stereocenters. The summed E-state index contributed by atoms with van der Waals surface area (Å²) in [5.41, 5.74) is 0. The largest absolute Gasteiger partial charge is 0.481 e. The van der Waals surface area contributed by atoms with Crippen molar-refractivity contribution < 1.29 is 14.6 Å². The van der Waals surface area contributed by atoms with E-state index in [1.54, 1.807) is 0 Å². The third-order valence-electron chi connectivity index (χ3n) is 4.08. The minimum Gasteiger partial charge on any atom is -0.481 e. The van der Waals surface area contributed by atoms with Gasteiger partial charge in [-0.15, -0.1) is 0 Å². The van der Waals surface area contributed by atoms with E-state index in [0.717, 1.165) is 32.1 Å². The highest BCUT2D eigenvalue weighted by atomic mass is 16.6. The van der Waals surface area contributed by atoms with E-state index < -0.39 is 5.97 Å². The first kappa shape index (κ1) is 18.2. The second-order valence-electron chi connectivity index (χ2n) is 6.12. The predicted molar refractivity (Wildman–Crippen MR) is 86.5 cm³/mol. The Morgan fingerprint density at radius 3 is 2.52 bits per heavy atom. The average Bonchev–Trinajstić information content (AvgIpc) is 3.19. The van der Waals surface area contributed by atoms with Gasteiger partial charge in [-0.1, -0.05) is 57.6 Å². The highest BCUT2D eigenvalue weighted by Crippen LogP contribution is 2.30. The van der Waals surface area contributed by atoms with Gasteiger partial charge in [0.25, 0.3) is 0 Å². The van der Waals surface area contributed by atoms with Crippen molar-refractivity contribution in [3.05, 3.63) is 12.2 Å². The first-order chi connectivity index (χ1) is 10.2. The van der Waals surface area contributed by atoms with E-state index in [1.807, 2.05) is 0 Å². The lowest BCUT2D eigenvalue weighted by Gasteiger charge is -1.98. The summed E-state index contributed by atoms with van der Waals surface area (Å²) < 4.78 is 5.66. The zero-order valence-corrected chi connectivity index (χ0v) is 13.6. The molecule has 1 fully saturated rings. The maximum absolute atomic E-state index is 10.3. The van der Waals surface area contributed by atoms with Gasteiger partial charge in [-0.05, 0) is 32.1 Å². The monoisotopic (exact) mass is 296 g/mol. The van der Waals surface area contributed by atoms with Gasteiger partial charge in [-0.3, -0.25) is 4.79 Å². The molecular weight excluding hydrogens is 264 g/mol. The molecule has 1 heterocycles. The standard InChI is InChI=1S/C18H32O3/c1-2-3-10-13-16-17(21-16)14-11-8-6-4-5-7-9-12-15-18(19)20/h8,11,16-17H,2-7,9-10,12-15H2,1H3,(H,19,20)/b11-8-. The Hall–Kier alpha value is -0.830. The summed E-state index contributed by atoms with van der Waals surface area (Å²) in [5, 5.41) is 8.52. The smallest absolute Gasteiger partial charge is 0.303 e. The highest BCUT2D eigenvalue weighted by molar-refractivity contribution is 5.66. The summed E-state index contributed by atoms with van der Waals surface area (Å²) in [6.07, 6.45) is 18.7. The van der Waals surface area contributed by atoms with Crippen molar-refractivity contribution in [3.63, 3.8) is 0 Å². The van der Waals surface area contributed by atoms with Gasteiger partial charge >= 0.3 is 5.97 Å². The molecule has 3 heteroatoms. The molecule has 1 N–H and O–H groups in total. The number of ether oxygens (including phenoxy) is 1. The number of hydrogen-bond acceptors (Lipinski definition) is 2. The van der Waals surface area contributed by atoms with Crippen LogP contribution in [0.25, 0.3) is 0 Å². The van der Waals surface area contributed by atoms with E-state index in [9.17, 15) is 4.79 Å². The van der Waals surface area contributed by atoms with Crippen molar-refractivity contribution in [2.45, 2.75) is 96.2 Å². The van der Waals surface area contributed by atoms with Gasteiger partial charge < -0.3 is 9.84 Å². The van der Waals surface area contributed by atoms with Gasteiger partial charge in [-0.25, -0.2) is 0 Å². The molecule has 21 heavy (non-hydrogen) atoms. The van der Waals surface area contributed by atoms with Crippen LogP contribution in [0.3, 0.4) is 0 Å². The van der Waals surface area contributed by atoms with Crippen molar-refractivity contribution in [2.75, 3.05) is 0 Å². The van der Waals surface area contributed by atoms with Gasteiger partial charge in [0.15, 0.2) is 0 Å². The quantitative estimate of drug-likeness (QED) is 0.276. The summed E-state index contributed by atoms with van der Waals surface area (Å²) in [6.45, 7) is 2.24. The summed E-state index contributed by atoms with van der Waals surface area (Å²) in [7, 11) is 0. The topological polar surface area (TPSA) is 49.8 Å². The average molecular weight is 296 g/mol. The predicted octanol–water partition coefficient (Wildman–Crippen LogP) is 5.10. The molecule has 0 aliphatic carbocycles. The lowest BCUT2D eigenvalue weighted by molar-refractivity contribution is -0.137. The van der Waals surface area contributed by atoms with E-state index in [2.05, 4.69) is 19.1 Å². The number of aliphatic carboxylic acids is 1. The van der Waals surface area contributed by atoms with Crippen molar-refractivity contribution >= 4 is 5.97 Å². The SMILES string of the molecule is CCCCCC1OC1C/C=C\CCCCCCCC(=O)O. The van der Waals surface area contributed by atoms with Crippen LogP contribution in [0.15, 0.2) is 12.2 Å². The molecule has 122 valence electrons. The molecule has 3 nitrogen and oxygen atoms in total. The van der Waals surface area contributed by atoms with Crippen LogP contribution in [0, 0.1) is 0 Å². The Labute approximate surface area is 129 Å². The Balaban J connectivity index is 1.81. The van der Waals surface area contributed by atoms with Gasteiger partial charge in [0.2, 0.25) is 0 Å². The van der Waals surface area contributed by atoms with Crippen molar-refractivity contribution in [1.29, 1.82) is 0 Å². The Morgan fingerprint density at radius 1 is 1.00 bits per heavy atom. The molecule has 0 radical (unpaired) electrons. The molecule has 0 aromatic rings. The van der Waals surface area contributed by atoms with Gasteiger partial charge in [0.1, 0.15) is 0 Å². The van der Waals surface area contributed by atoms with Crippen LogP contribution in [0.4, 0.5) is 0 Å². The number of carboxylic acids is 1. The molecule has 0 bridgehead atoms. The highest BCUT2D eigenvalue weighted by Gasteiger charge is 2.36. The molecular formula is C18H32O3. The van der Waals surface area contributed by atoms with E-state index in [0.29, 0.717) is 18.6 Å². The first-order valence-corrected chi connectivity index (χ1v) is 8.76. The summed E-state index contributed by atoms with van der Waals surface area (Å²) in [4.78, 5) is 10.3. The summed E-state index contributed by atoms with van der Waals surface area (Å²) >= 11 is 0. The van der Waals surface area contributed by atoms with Crippen LogP contribution in [-0.4, -0.2) is 23.3 Å². The maximum Gasteiger partial charge on any atom is 0.303 e. The van der Waals surface area contributed by atoms with E-state index in [-0.39, 0.29) is 0 Å². The van der Waals surface area contributed by atoms with Crippen LogP contribution in [0.5, 0.6) is 0 Å². The van der Waals surface area contributed by atoms with Gasteiger partial charge in [0, 0.05) is 6.42 Å². The number of rotatable bonds is 14. The molecule has 2 atom stereocenters. The second kappa shape index (κ2) is 11.8. The number of carboxylic acid groups (broad SMARTS) is 1. The molecule has 1 aliphatic rings. The summed E-state index contributed by atoms with van der Waals surface area (Å²) in [5.74, 6) is -0.673. The van der Waals surface area contributed by atoms with Crippen LogP contribution in [-0.2, 0) is 9.53 Å². The Kier molecular flexibility index (Phi) is 10.2. The van der Waals surface area contributed by atoms with Crippen molar-refractivity contribution in [2.24, 2.45) is 0 Å². The minimum atomic E-state index is -0.673. The zero-order valence-electron chi connectivity index (χ0n) is 13.6. The fourth-order valence-corrected chi connectivity index (χ4v) is 2.65. The molecule has 1 saturated heterocycles. The van der Waals surface area contributed by atoms with Crippen LogP contribution < -0.4 is 0 Å². The minimum absolute atomic E-state index is 0.320. The third kappa shape index (κ3) is 10.5. The molecule has 0 spiro atoms. The molecule has 1 rings (SSSR count). The molecule has 0 aromatic heterocycles. The Morgan fingerprint density at radius 2 is 1.76 bits per heavy atom. The first-order valence-electron chi connectivity index (χ1n) is 8.76. The Bertz CT molecular complexity index is 299. The van der Waals surface area contributed by atoms with Gasteiger partial charge in [-0.2, -0.15) is 0 Å². The lowest BCUT2D eigenvalue weighted by Crippen LogP contribution is -1.93. The third-order valence-corrected chi connectivity index (χ3v) is 4.08. The number of carbonyl (C=O) groups is 1. The van der Waals surface area contributed by atoms with Crippen LogP contribution in [0.2, 0.25) is 0 Å². The van der Waals surface area contributed by atoms with Gasteiger partial charge in [0.05, 0.1) is 12.2 Å². The fourth-order valence-electron chi connectivity index (χ4n) is 2.65. The molecule has 1 aliphatic heterocycles. The van der Waals surface area contributed by atoms with Crippen molar-refractivity contribution in [3.8, 4) is 0 Å². The van der Waals surface area contributed by atoms with E-state index in [1.165, 1.54) is 38.5 Å². The van der Waals surface area contributed by atoms with E-state index in [4.69, 9.17) is 9.84 Å². The number of unbranched alkanes of at least 4 members (excludes halogenated alkanes) is 7. The molecule has 0 saturated carbocycles. The van der Waals surface area contributed by atoms with E-state index >= 15 is 0 Å². The zero-order chi connectivity index (χ0) is 15.3. The van der Waals surface area contributed by atoms with Crippen LogP contribution >= 0.6 is 0 Å². The summed E-state index contributed by atoms with van der Waals surface area (Å²) in [6, 6.07) is 0. The number of hydrogen-bond donors (Lipinski definition) is 1. The molecule has 0 amide bonds. The second-order valence-corrected chi connectivity index (χ2v) is 6.12. The number of allylic oxidation sites excluding steroid dienone is 1. The fraction of sp³-hybridized carbons (Fsp3) is 0.833. The number of epoxide rings is 1. The normalized spacial score (nSPS) is 21.0. The lowest BCUT2D eigenvalue weighted by atomic mass is 10.1. The van der Waals surface area contributed by atoms with Crippen molar-refractivity contribution in [1.82, 2.24) is 0 Å². The maximum atomic E-state index is 10.3. The van der Waals surface area contributed by atoms with Crippen LogP contribution in [0.1, 0.15) is 84.0 Å².